The maximum atomic E-state index is 12.1. The molecule has 3 heterocycles. The zero-order valence-corrected chi connectivity index (χ0v) is 15.1. The quantitative estimate of drug-likeness (QED) is 0.792. The highest BCUT2D eigenvalue weighted by Gasteiger charge is 2.45. The van der Waals surface area contributed by atoms with E-state index >= 15 is 0 Å². The Morgan fingerprint density at radius 3 is 3.00 bits per heavy atom. The second-order valence-electron chi connectivity index (χ2n) is 6.92. The first-order chi connectivity index (χ1) is 13.2. The summed E-state index contributed by atoms with van der Waals surface area (Å²) in [5, 5.41) is 12.1. The predicted octanol–water partition coefficient (Wildman–Crippen LogP) is 1.18. The van der Waals surface area contributed by atoms with Gasteiger partial charge in [-0.05, 0) is 36.2 Å². The van der Waals surface area contributed by atoms with Crippen LogP contribution in [0.25, 0.3) is 0 Å². The molecule has 1 fully saturated rings. The fraction of sp³-hybridized carbons (Fsp3) is 0.400. The molecule has 2 unspecified atom stereocenters. The number of ether oxygens (including phenoxy) is 3. The summed E-state index contributed by atoms with van der Waals surface area (Å²) in [4.78, 5) is 16.4. The van der Waals surface area contributed by atoms with Gasteiger partial charge in [-0.25, -0.2) is 0 Å². The fourth-order valence-electron chi connectivity index (χ4n) is 4.13. The van der Waals surface area contributed by atoms with Crippen LogP contribution in [0, 0.1) is 5.92 Å². The van der Waals surface area contributed by atoms with Crippen molar-refractivity contribution in [1.29, 1.82) is 0 Å². The van der Waals surface area contributed by atoms with E-state index in [4.69, 9.17) is 14.2 Å². The van der Waals surface area contributed by atoms with Crippen LogP contribution in [0.1, 0.15) is 23.6 Å². The minimum absolute atomic E-state index is 0.00549. The Balaban J connectivity index is 1.56. The first-order valence-electron chi connectivity index (χ1n) is 9.11. The van der Waals surface area contributed by atoms with Gasteiger partial charge < -0.3 is 24.6 Å². The second kappa shape index (κ2) is 7.44. The Kier molecular flexibility index (Phi) is 4.85. The molecular formula is C20H23N2O5+. The summed E-state index contributed by atoms with van der Waals surface area (Å²) in [5.41, 5.74) is 1.91. The van der Waals surface area contributed by atoms with Gasteiger partial charge in [0, 0.05) is 18.3 Å². The summed E-state index contributed by atoms with van der Waals surface area (Å²) in [6.45, 7) is 0.869. The normalized spacial score (nSPS) is 23.4. The Labute approximate surface area is 157 Å². The Morgan fingerprint density at radius 2 is 2.26 bits per heavy atom. The van der Waals surface area contributed by atoms with E-state index in [-0.39, 0.29) is 18.8 Å². The first kappa shape index (κ1) is 17.6. The first-order valence-corrected chi connectivity index (χ1v) is 9.11. The lowest BCUT2D eigenvalue weighted by molar-refractivity contribution is -0.673. The molecule has 0 aliphatic carbocycles. The maximum absolute atomic E-state index is 12.1. The number of aliphatic carboxylic acids is 1. The van der Waals surface area contributed by atoms with E-state index in [0.717, 1.165) is 24.1 Å². The van der Waals surface area contributed by atoms with E-state index in [9.17, 15) is 9.90 Å². The van der Waals surface area contributed by atoms with E-state index in [1.54, 1.807) is 13.3 Å². The highest BCUT2D eigenvalue weighted by molar-refractivity contribution is 5.73. The molecule has 0 saturated carbocycles. The number of hydrogen-bond acceptors (Lipinski definition) is 5. The van der Waals surface area contributed by atoms with Gasteiger partial charge in [-0.1, -0.05) is 6.07 Å². The molecule has 1 aromatic heterocycles. The van der Waals surface area contributed by atoms with Crippen molar-refractivity contribution in [2.24, 2.45) is 5.92 Å². The Hall–Kier alpha value is -2.80. The van der Waals surface area contributed by atoms with Gasteiger partial charge in [-0.15, -0.1) is 0 Å². The third-order valence-electron chi connectivity index (χ3n) is 5.44. The molecule has 2 aromatic rings. The largest absolute Gasteiger partial charge is 0.493 e. The number of hydrogen-bond donors (Lipinski definition) is 2. The Bertz CT molecular complexity index is 827. The van der Waals surface area contributed by atoms with Crippen LogP contribution in [-0.2, 0) is 11.2 Å². The van der Waals surface area contributed by atoms with Crippen LogP contribution in [0.2, 0.25) is 0 Å². The molecule has 7 nitrogen and oxygen atoms in total. The molecule has 142 valence electrons. The third-order valence-corrected chi connectivity index (χ3v) is 5.44. The van der Waals surface area contributed by atoms with Crippen LogP contribution in [0.4, 0.5) is 0 Å². The number of aryl methyl sites for hydroxylation is 1. The Morgan fingerprint density at radius 1 is 1.37 bits per heavy atom. The molecule has 3 atom stereocenters. The zero-order valence-electron chi connectivity index (χ0n) is 15.1. The average molecular weight is 371 g/mol. The van der Waals surface area contributed by atoms with Gasteiger partial charge in [0.25, 0.3) is 0 Å². The lowest BCUT2D eigenvalue weighted by atomic mass is 9.83. The smallest absolute Gasteiger partial charge is 0.313 e. The third kappa shape index (κ3) is 3.42. The standard InChI is InChI=1S/C20H22N2O5/c1-25-16-8-12(9-17-19(16)27-11-26-17)14-10-22-15(18(14)20(23)24)6-5-13-4-2-3-7-21-13/h2-4,7-9,14-15,18,22H,5-6,10-11H2,1H3,(H,23,24)/p+1/t14?,15?,18-/m1/s1. The van der Waals surface area contributed by atoms with Crippen LogP contribution in [-0.4, -0.2) is 42.5 Å². The summed E-state index contributed by atoms with van der Waals surface area (Å²) in [7, 11) is 1.58. The lowest BCUT2D eigenvalue weighted by Gasteiger charge is -2.18. The van der Waals surface area contributed by atoms with Crippen molar-refractivity contribution < 1.29 is 29.4 Å². The highest BCUT2D eigenvalue weighted by Crippen LogP contribution is 2.44. The number of fused-ring (bicyclic) bond motifs is 1. The van der Waals surface area contributed by atoms with Gasteiger partial charge >= 0.3 is 5.97 Å². The monoisotopic (exact) mass is 371 g/mol. The van der Waals surface area contributed by atoms with Crippen molar-refractivity contribution in [2.75, 3.05) is 20.4 Å². The average Bonchev–Trinajstić information content (AvgIpc) is 3.33. The van der Waals surface area contributed by atoms with E-state index in [0.29, 0.717) is 23.8 Å². The van der Waals surface area contributed by atoms with E-state index in [2.05, 4.69) is 10.3 Å². The number of carbonyl (C=O) groups is 1. The molecule has 2 aliphatic heterocycles. The molecule has 27 heavy (non-hydrogen) atoms. The van der Waals surface area contributed by atoms with Crippen molar-refractivity contribution in [3.05, 3.63) is 47.8 Å². The summed E-state index contributed by atoms with van der Waals surface area (Å²) in [5.74, 6) is 0.433. The molecular weight excluding hydrogens is 348 g/mol. The van der Waals surface area contributed by atoms with Gasteiger partial charge in [0.15, 0.2) is 11.5 Å². The summed E-state index contributed by atoms with van der Waals surface area (Å²) in [6, 6.07) is 9.59. The molecule has 1 saturated heterocycles. The number of benzene rings is 1. The minimum Gasteiger partial charge on any atom is -0.493 e. The van der Waals surface area contributed by atoms with Crippen molar-refractivity contribution >= 4 is 5.97 Å². The zero-order chi connectivity index (χ0) is 18.8. The molecule has 0 amide bonds. The van der Waals surface area contributed by atoms with Crippen LogP contribution >= 0.6 is 0 Å². The number of quaternary nitrogens is 1. The molecule has 0 bridgehead atoms. The SMILES string of the molecule is COc1cc(C2C[NH2+]C(CCc3ccccn3)[C@@H]2C(=O)O)cc2c1OCO2. The van der Waals surface area contributed by atoms with Gasteiger partial charge in [-0.3, -0.25) is 9.78 Å². The van der Waals surface area contributed by atoms with Gasteiger partial charge in [0.05, 0.1) is 19.6 Å². The number of methoxy groups -OCH3 is 1. The number of pyridine rings is 1. The topological polar surface area (TPSA) is 94.5 Å². The summed E-state index contributed by atoms with van der Waals surface area (Å²) < 4.78 is 16.4. The van der Waals surface area contributed by atoms with Gasteiger partial charge in [-0.2, -0.15) is 0 Å². The molecule has 3 N–H and O–H groups in total. The molecule has 4 rings (SSSR count). The van der Waals surface area contributed by atoms with E-state index in [1.807, 2.05) is 30.3 Å². The van der Waals surface area contributed by atoms with Crippen LogP contribution in [0.3, 0.4) is 0 Å². The molecule has 2 aliphatic rings. The molecule has 1 aromatic carbocycles. The van der Waals surface area contributed by atoms with E-state index in [1.165, 1.54) is 0 Å². The van der Waals surface area contributed by atoms with Crippen molar-refractivity contribution in [3.8, 4) is 17.2 Å². The van der Waals surface area contributed by atoms with Crippen molar-refractivity contribution in [3.63, 3.8) is 0 Å². The van der Waals surface area contributed by atoms with Gasteiger partial charge in [0.2, 0.25) is 12.5 Å². The molecule has 7 heteroatoms. The van der Waals surface area contributed by atoms with Gasteiger partial charge in [0.1, 0.15) is 12.0 Å². The number of carboxylic acids is 1. The number of nitrogens with zero attached hydrogens (tertiary/aromatic N) is 1. The lowest BCUT2D eigenvalue weighted by Crippen LogP contribution is -2.87. The summed E-state index contributed by atoms with van der Waals surface area (Å²) in [6.07, 6.45) is 3.30. The predicted molar refractivity (Wildman–Crippen MR) is 96.1 cm³/mol. The highest BCUT2D eigenvalue weighted by atomic mass is 16.7. The molecule has 0 spiro atoms. The van der Waals surface area contributed by atoms with Crippen LogP contribution in [0.5, 0.6) is 17.2 Å². The summed E-state index contributed by atoms with van der Waals surface area (Å²) >= 11 is 0. The van der Waals surface area contributed by atoms with E-state index < -0.39 is 11.9 Å². The van der Waals surface area contributed by atoms with Crippen LogP contribution < -0.4 is 19.5 Å². The second-order valence-corrected chi connectivity index (χ2v) is 6.92. The van der Waals surface area contributed by atoms with Crippen molar-refractivity contribution in [1.82, 2.24) is 4.98 Å². The van der Waals surface area contributed by atoms with Crippen LogP contribution in [0.15, 0.2) is 36.5 Å². The maximum Gasteiger partial charge on any atom is 0.313 e. The minimum atomic E-state index is -0.767. The molecule has 0 radical (unpaired) electrons. The van der Waals surface area contributed by atoms with Crippen molar-refractivity contribution in [2.45, 2.75) is 24.8 Å². The fourth-order valence-corrected chi connectivity index (χ4v) is 4.13. The number of nitrogens with two attached hydrogens (primary N) is 1. The number of rotatable bonds is 6. The number of aromatic nitrogens is 1. The number of carboxylic acid groups (broad SMARTS) is 1.